The number of rotatable bonds is 5. The molecule has 0 bridgehead atoms. The van der Waals surface area contributed by atoms with Crippen molar-refractivity contribution < 1.29 is 9.53 Å². The highest BCUT2D eigenvalue weighted by Gasteiger charge is 2.28. The lowest BCUT2D eigenvalue weighted by molar-refractivity contribution is 0.102. The summed E-state index contributed by atoms with van der Waals surface area (Å²) in [5.41, 5.74) is 2.95. The van der Waals surface area contributed by atoms with E-state index in [9.17, 15) is 4.79 Å². The predicted molar refractivity (Wildman–Crippen MR) is 98.6 cm³/mol. The molecule has 0 saturated heterocycles. The van der Waals surface area contributed by atoms with Gasteiger partial charge < -0.3 is 10.1 Å². The van der Waals surface area contributed by atoms with Crippen molar-refractivity contribution in [1.82, 2.24) is 19.7 Å². The van der Waals surface area contributed by atoms with Crippen molar-refractivity contribution in [2.24, 2.45) is 0 Å². The van der Waals surface area contributed by atoms with Gasteiger partial charge in [0.05, 0.1) is 36.1 Å². The van der Waals surface area contributed by atoms with Gasteiger partial charge >= 0.3 is 0 Å². The number of carbonyl (C=O) groups excluding carboxylic acids is 1. The second-order valence-electron chi connectivity index (χ2n) is 6.83. The van der Waals surface area contributed by atoms with E-state index in [1.807, 2.05) is 10.7 Å². The Labute approximate surface area is 151 Å². The van der Waals surface area contributed by atoms with Crippen LogP contribution >= 0.6 is 0 Å². The summed E-state index contributed by atoms with van der Waals surface area (Å²) in [5.74, 6) is 0.766. The van der Waals surface area contributed by atoms with Crippen molar-refractivity contribution in [3.05, 3.63) is 41.9 Å². The topological polar surface area (TPSA) is 81.9 Å². The number of carbonyl (C=O) groups is 1. The molecule has 26 heavy (non-hydrogen) atoms. The van der Waals surface area contributed by atoms with E-state index >= 15 is 0 Å². The zero-order valence-electron chi connectivity index (χ0n) is 15.1. The summed E-state index contributed by atoms with van der Waals surface area (Å²) < 4.78 is 6.92. The number of nitrogens with one attached hydrogen (secondary N) is 1. The number of anilines is 1. The SMILES string of the molecule is COc1ccc(NC(=O)c2cc(C3CC3)nc3c2cnn3C(C)C)cn1. The van der Waals surface area contributed by atoms with Crippen LogP contribution in [0.5, 0.6) is 5.88 Å². The van der Waals surface area contributed by atoms with E-state index in [1.165, 1.54) is 0 Å². The second-order valence-corrected chi connectivity index (χ2v) is 6.83. The maximum absolute atomic E-state index is 12.9. The molecule has 7 heteroatoms. The van der Waals surface area contributed by atoms with Gasteiger partial charge in [-0.05, 0) is 38.8 Å². The smallest absolute Gasteiger partial charge is 0.256 e. The van der Waals surface area contributed by atoms with Crippen LogP contribution in [-0.2, 0) is 0 Å². The average molecular weight is 351 g/mol. The van der Waals surface area contributed by atoms with Crippen LogP contribution in [0.15, 0.2) is 30.6 Å². The Morgan fingerprint density at radius 1 is 1.31 bits per heavy atom. The van der Waals surface area contributed by atoms with Gasteiger partial charge in [-0.2, -0.15) is 5.10 Å². The molecule has 1 aliphatic carbocycles. The quantitative estimate of drug-likeness (QED) is 0.760. The van der Waals surface area contributed by atoms with E-state index in [0.717, 1.165) is 29.6 Å². The van der Waals surface area contributed by atoms with Gasteiger partial charge in [0.2, 0.25) is 5.88 Å². The van der Waals surface area contributed by atoms with E-state index in [0.29, 0.717) is 23.0 Å². The summed E-state index contributed by atoms with van der Waals surface area (Å²) >= 11 is 0. The Kier molecular flexibility index (Phi) is 4.06. The summed E-state index contributed by atoms with van der Waals surface area (Å²) in [5, 5.41) is 8.10. The number of aromatic nitrogens is 4. The van der Waals surface area contributed by atoms with Crippen LogP contribution < -0.4 is 10.1 Å². The molecular weight excluding hydrogens is 330 g/mol. The Hall–Kier alpha value is -2.96. The molecule has 1 amide bonds. The number of ether oxygens (including phenoxy) is 1. The van der Waals surface area contributed by atoms with Crippen LogP contribution in [0, 0.1) is 0 Å². The van der Waals surface area contributed by atoms with Gasteiger partial charge in [-0.15, -0.1) is 0 Å². The number of hydrogen-bond acceptors (Lipinski definition) is 5. The molecule has 1 fully saturated rings. The molecule has 4 rings (SSSR count). The summed E-state index contributed by atoms with van der Waals surface area (Å²) in [6, 6.07) is 5.56. The van der Waals surface area contributed by atoms with Gasteiger partial charge in [0, 0.05) is 23.7 Å². The summed E-state index contributed by atoms with van der Waals surface area (Å²) in [6.07, 6.45) is 5.55. The maximum Gasteiger partial charge on any atom is 0.256 e. The Morgan fingerprint density at radius 2 is 2.12 bits per heavy atom. The Bertz CT molecular complexity index is 958. The standard InChI is InChI=1S/C19H21N5O2/c1-11(2)24-18-15(10-21-24)14(8-16(23-18)12-4-5-12)19(25)22-13-6-7-17(26-3)20-9-13/h6-12H,4-5H2,1-3H3,(H,22,25). The molecule has 1 saturated carbocycles. The van der Waals surface area contributed by atoms with E-state index in [2.05, 4.69) is 29.2 Å². The predicted octanol–water partition coefficient (Wildman–Crippen LogP) is 3.55. The average Bonchev–Trinajstić information content (AvgIpc) is 3.40. The van der Waals surface area contributed by atoms with Gasteiger partial charge in [0.25, 0.3) is 5.91 Å². The molecule has 1 N–H and O–H groups in total. The molecule has 0 unspecified atom stereocenters. The number of hydrogen-bond donors (Lipinski definition) is 1. The van der Waals surface area contributed by atoms with Gasteiger partial charge in [-0.3, -0.25) is 4.79 Å². The highest BCUT2D eigenvalue weighted by atomic mass is 16.5. The fraction of sp³-hybridized carbons (Fsp3) is 0.368. The van der Waals surface area contributed by atoms with Crippen molar-refractivity contribution in [2.45, 2.75) is 38.6 Å². The molecular formula is C19H21N5O2. The minimum atomic E-state index is -0.186. The first kappa shape index (κ1) is 16.5. The summed E-state index contributed by atoms with van der Waals surface area (Å²) in [4.78, 5) is 21.8. The lowest BCUT2D eigenvalue weighted by atomic mass is 10.1. The number of amides is 1. The van der Waals surface area contributed by atoms with Crippen molar-refractivity contribution in [1.29, 1.82) is 0 Å². The number of nitrogens with zero attached hydrogens (tertiary/aromatic N) is 4. The number of methoxy groups -OCH3 is 1. The third-order valence-corrected chi connectivity index (χ3v) is 4.52. The first-order valence-electron chi connectivity index (χ1n) is 8.76. The largest absolute Gasteiger partial charge is 0.481 e. The Balaban J connectivity index is 1.72. The van der Waals surface area contributed by atoms with Crippen LogP contribution in [0.4, 0.5) is 5.69 Å². The van der Waals surface area contributed by atoms with E-state index in [1.54, 1.807) is 31.6 Å². The molecule has 0 radical (unpaired) electrons. The van der Waals surface area contributed by atoms with Crippen LogP contribution in [0.25, 0.3) is 11.0 Å². The fourth-order valence-corrected chi connectivity index (χ4v) is 2.96. The zero-order valence-corrected chi connectivity index (χ0v) is 15.1. The minimum Gasteiger partial charge on any atom is -0.481 e. The Morgan fingerprint density at radius 3 is 2.73 bits per heavy atom. The molecule has 7 nitrogen and oxygen atoms in total. The van der Waals surface area contributed by atoms with Crippen LogP contribution in [0.3, 0.4) is 0 Å². The van der Waals surface area contributed by atoms with Crippen molar-refractivity contribution in [2.75, 3.05) is 12.4 Å². The first-order valence-corrected chi connectivity index (χ1v) is 8.76. The molecule has 3 aromatic heterocycles. The van der Waals surface area contributed by atoms with Gasteiger partial charge in [-0.25, -0.2) is 14.6 Å². The highest BCUT2D eigenvalue weighted by Crippen LogP contribution is 2.40. The van der Waals surface area contributed by atoms with Crippen LogP contribution in [0.1, 0.15) is 54.7 Å². The third-order valence-electron chi connectivity index (χ3n) is 4.52. The monoisotopic (exact) mass is 351 g/mol. The third kappa shape index (κ3) is 3.00. The van der Waals surface area contributed by atoms with Gasteiger partial charge in [-0.1, -0.05) is 0 Å². The normalized spacial score (nSPS) is 14.0. The molecule has 0 aromatic carbocycles. The minimum absolute atomic E-state index is 0.177. The fourth-order valence-electron chi connectivity index (χ4n) is 2.96. The van der Waals surface area contributed by atoms with E-state index in [-0.39, 0.29) is 11.9 Å². The zero-order chi connectivity index (χ0) is 18.3. The first-order chi connectivity index (χ1) is 12.6. The lowest BCUT2D eigenvalue weighted by Crippen LogP contribution is -2.14. The van der Waals surface area contributed by atoms with Crippen LogP contribution in [0.2, 0.25) is 0 Å². The molecule has 0 atom stereocenters. The maximum atomic E-state index is 12.9. The molecule has 0 aliphatic heterocycles. The van der Waals surface area contributed by atoms with Crippen molar-refractivity contribution in [3.8, 4) is 5.88 Å². The number of fused-ring (bicyclic) bond motifs is 1. The molecule has 3 aromatic rings. The molecule has 0 spiro atoms. The molecule has 3 heterocycles. The van der Waals surface area contributed by atoms with Crippen molar-refractivity contribution in [3.63, 3.8) is 0 Å². The van der Waals surface area contributed by atoms with Crippen molar-refractivity contribution >= 4 is 22.6 Å². The summed E-state index contributed by atoms with van der Waals surface area (Å²) in [6.45, 7) is 4.11. The lowest BCUT2D eigenvalue weighted by Gasteiger charge is -2.11. The summed E-state index contributed by atoms with van der Waals surface area (Å²) in [7, 11) is 1.56. The highest BCUT2D eigenvalue weighted by molar-refractivity contribution is 6.12. The molecule has 1 aliphatic rings. The molecule has 134 valence electrons. The second kappa shape index (κ2) is 6.40. The van der Waals surface area contributed by atoms with Gasteiger partial charge in [0.1, 0.15) is 0 Å². The van der Waals surface area contributed by atoms with Crippen LogP contribution in [-0.4, -0.2) is 32.8 Å². The van der Waals surface area contributed by atoms with Gasteiger partial charge in [0.15, 0.2) is 5.65 Å². The number of pyridine rings is 2. The van der Waals surface area contributed by atoms with E-state index < -0.39 is 0 Å². The van der Waals surface area contributed by atoms with E-state index in [4.69, 9.17) is 9.72 Å².